The Morgan fingerprint density at radius 3 is 2.82 bits per heavy atom. The average Bonchev–Trinajstić information content (AvgIpc) is 3.08. The van der Waals surface area contributed by atoms with Crippen molar-refractivity contribution in [1.82, 2.24) is 9.97 Å². The summed E-state index contributed by atoms with van der Waals surface area (Å²) in [6.45, 7) is 0.697. The molecule has 0 amide bonds. The highest BCUT2D eigenvalue weighted by atomic mass is 32.1. The minimum atomic E-state index is -0.965. The summed E-state index contributed by atoms with van der Waals surface area (Å²) in [6.07, 6.45) is 5.13. The average molecular weight is 398 g/mol. The normalized spacial score (nSPS) is 13.4. The first-order valence-electron chi connectivity index (χ1n) is 9.59. The Kier molecular flexibility index (Phi) is 5.83. The van der Waals surface area contributed by atoms with Gasteiger partial charge in [-0.1, -0.05) is 30.3 Å². The quantitative estimate of drug-likeness (QED) is 0.562. The third-order valence-corrected chi connectivity index (χ3v) is 6.04. The second-order valence-electron chi connectivity index (χ2n) is 6.91. The summed E-state index contributed by atoms with van der Waals surface area (Å²) in [5, 5.41) is 13.4. The Balaban J connectivity index is 1.61. The van der Waals surface area contributed by atoms with Gasteiger partial charge < -0.3 is 15.2 Å². The monoisotopic (exact) mass is 397 g/mol. The maximum atomic E-state index is 10.6. The van der Waals surface area contributed by atoms with Gasteiger partial charge in [0.2, 0.25) is 0 Å². The van der Waals surface area contributed by atoms with Gasteiger partial charge in [-0.3, -0.25) is 0 Å². The van der Waals surface area contributed by atoms with Gasteiger partial charge in [-0.2, -0.15) is 0 Å². The lowest BCUT2D eigenvalue weighted by Gasteiger charge is -2.13. The number of nitrogens with one attached hydrogen (secondary N) is 1. The van der Waals surface area contributed by atoms with Crippen molar-refractivity contribution in [3.63, 3.8) is 0 Å². The highest BCUT2D eigenvalue weighted by Crippen LogP contribution is 2.38. The van der Waals surface area contributed by atoms with E-state index in [9.17, 15) is 4.79 Å². The van der Waals surface area contributed by atoms with Crippen molar-refractivity contribution >= 4 is 33.3 Å². The fourth-order valence-corrected chi connectivity index (χ4v) is 4.83. The summed E-state index contributed by atoms with van der Waals surface area (Å²) in [5.74, 6) is 0.598. The molecule has 0 aliphatic heterocycles. The molecule has 0 radical (unpaired) electrons. The molecule has 2 N–H and O–H groups in total. The number of carbonyl (C=O) groups is 1. The number of thiophene rings is 1. The van der Waals surface area contributed by atoms with Crippen LogP contribution < -0.4 is 5.32 Å². The second kappa shape index (κ2) is 8.67. The zero-order valence-corrected chi connectivity index (χ0v) is 16.4. The number of aryl methyl sites for hydroxylation is 2. The minimum Gasteiger partial charge on any atom is -0.480 e. The minimum absolute atomic E-state index is 0.293. The smallest absolute Gasteiger partial charge is 0.329 e. The fraction of sp³-hybridized carbons (Fsp3) is 0.381. The Bertz CT molecular complexity index is 972. The third-order valence-electron chi connectivity index (χ3n) is 4.86. The van der Waals surface area contributed by atoms with Crippen LogP contribution in [0.1, 0.15) is 34.7 Å². The van der Waals surface area contributed by atoms with E-state index in [-0.39, 0.29) is 6.61 Å². The van der Waals surface area contributed by atoms with Gasteiger partial charge in [-0.25, -0.2) is 14.8 Å². The van der Waals surface area contributed by atoms with Gasteiger partial charge in [0.05, 0.1) is 12.0 Å². The standard InChI is InChI=1S/C21H23N3O3S/c25-18(26)13-27-11-10-17-23-20(22-12-14-6-2-1-3-7-14)19-15-8-4-5-9-16(15)28-21(19)24-17/h1-3,6-7H,4-5,8-13H2,(H,25,26)(H,22,23,24). The molecular weight excluding hydrogens is 374 g/mol. The highest BCUT2D eigenvalue weighted by molar-refractivity contribution is 7.19. The van der Waals surface area contributed by atoms with E-state index in [1.807, 2.05) is 18.2 Å². The number of rotatable bonds is 8. The van der Waals surface area contributed by atoms with Crippen molar-refractivity contribution in [1.29, 1.82) is 0 Å². The summed E-state index contributed by atoms with van der Waals surface area (Å²) in [4.78, 5) is 22.6. The van der Waals surface area contributed by atoms with Crippen molar-refractivity contribution in [3.8, 4) is 0 Å². The predicted molar refractivity (Wildman–Crippen MR) is 110 cm³/mol. The van der Waals surface area contributed by atoms with Crippen LogP contribution in [0.3, 0.4) is 0 Å². The summed E-state index contributed by atoms with van der Waals surface area (Å²) in [5.41, 5.74) is 2.60. The summed E-state index contributed by atoms with van der Waals surface area (Å²) >= 11 is 1.77. The molecule has 0 fully saturated rings. The van der Waals surface area contributed by atoms with Crippen molar-refractivity contribution in [2.45, 2.75) is 38.6 Å². The van der Waals surface area contributed by atoms with E-state index in [0.717, 1.165) is 28.9 Å². The first-order chi connectivity index (χ1) is 13.7. The zero-order chi connectivity index (χ0) is 19.3. The number of hydrogen-bond acceptors (Lipinski definition) is 6. The number of aromatic nitrogens is 2. The molecular formula is C21H23N3O3S. The van der Waals surface area contributed by atoms with Gasteiger partial charge in [0.15, 0.2) is 0 Å². The summed E-state index contributed by atoms with van der Waals surface area (Å²) < 4.78 is 5.16. The molecule has 1 aromatic carbocycles. The zero-order valence-electron chi connectivity index (χ0n) is 15.6. The molecule has 1 aliphatic carbocycles. The Morgan fingerprint density at radius 1 is 1.18 bits per heavy atom. The number of anilines is 1. The number of hydrogen-bond donors (Lipinski definition) is 2. The number of carboxylic acid groups (broad SMARTS) is 1. The van der Waals surface area contributed by atoms with Gasteiger partial charge in [-0.05, 0) is 36.8 Å². The number of fused-ring (bicyclic) bond motifs is 3. The second-order valence-corrected chi connectivity index (χ2v) is 8.00. The van der Waals surface area contributed by atoms with E-state index in [4.69, 9.17) is 19.8 Å². The molecule has 0 spiro atoms. The van der Waals surface area contributed by atoms with Gasteiger partial charge in [0.1, 0.15) is 23.1 Å². The van der Waals surface area contributed by atoms with Gasteiger partial charge in [-0.15, -0.1) is 11.3 Å². The van der Waals surface area contributed by atoms with Crippen LogP contribution in [0.4, 0.5) is 5.82 Å². The van der Waals surface area contributed by atoms with Crippen molar-refractivity contribution in [2.75, 3.05) is 18.5 Å². The van der Waals surface area contributed by atoms with Crippen LogP contribution in [0.15, 0.2) is 30.3 Å². The van der Waals surface area contributed by atoms with Crippen molar-refractivity contribution < 1.29 is 14.6 Å². The lowest BCUT2D eigenvalue weighted by molar-refractivity contribution is -0.142. The van der Waals surface area contributed by atoms with E-state index in [1.54, 1.807) is 11.3 Å². The lowest BCUT2D eigenvalue weighted by atomic mass is 9.97. The van der Waals surface area contributed by atoms with Crippen LogP contribution >= 0.6 is 11.3 Å². The number of nitrogens with zero attached hydrogens (tertiary/aromatic N) is 2. The molecule has 0 saturated heterocycles. The maximum absolute atomic E-state index is 10.6. The van der Waals surface area contributed by atoms with E-state index in [2.05, 4.69) is 17.4 Å². The molecule has 3 aromatic rings. The first-order valence-corrected chi connectivity index (χ1v) is 10.4. The Labute approximate surface area is 167 Å². The van der Waals surface area contributed by atoms with E-state index in [1.165, 1.54) is 28.8 Å². The highest BCUT2D eigenvalue weighted by Gasteiger charge is 2.21. The number of ether oxygens (including phenoxy) is 1. The fourth-order valence-electron chi connectivity index (χ4n) is 3.55. The Hall–Kier alpha value is -2.51. The van der Waals surface area contributed by atoms with Gasteiger partial charge in [0, 0.05) is 17.8 Å². The van der Waals surface area contributed by atoms with Crippen LogP contribution in [0.5, 0.6) is 0 Å². The number of aliphatic carboxylic acids is 1. The number of benzene rings is 1. The van der Waals surface area contributed by atoms with E-state index < -0.39 is 5.97 Å². The van der Waals surface area contributed by atoms with Crippen molar-refractivity contribution in [2.24, 2.45) is 0 Å². The first kappa shape index (κ1) is 18.8. The lowest BCUT2D eigenvalue weighted by Crippen LogP contribution is -2.11. The van der Waals surface area contributed by atoms with Gasteiger partial charge in [0.25, 0.3) is 0 Å². The molecule has 0 atom stereocenters. The molecule has 0 bridgehead atoms. The summed E-state index contributed by atoms with van der Waals surface area (Å²) in [7, 11) is 0. The molecule has 4 rings (SSSR count). The van der Waals surface area contributed by atoms with Crippen LogP contribution in [-0.2, 0) is 35.3 Å². The summed E-state index contributed by atoms with van der Waals surface area (Å²) in [6, 6.07) is 10.3. The maximum Gasteiger partial charge on any atom is 0.329 e. The molecule has 28 heavy (non-hydrogen) atoms. The molecule has 7 heteroatoms. The molecule has 146 valence electrons. The predicted octanol–water partition coefficient (Wildman–Crippen LogP) is 3.83. The SMILES string of the molecule is O=C(O)COCCc1nc(NCc2ccccc2)c2c3c(sc2n1)CCCC3. The molecule has 2 aromatic heterocycles. The van der Waals surface area contributed by atoms with Crippen LogP contribution in [-0.4, -0.2) is 34.3 Å². The topological polar surface area (TPSA) is 84.3 Å². The largest absolute Gasteiger partial charge is 0.480 e. The van der Waals surface area contributed by atoms with Gasteiger partial charge >= 0.3 is 5.97 Å². The van der Waals surface area contributed by atoms with Crippen LogP contribution in [0, 0.1) is 0 Å². The van der Waals surface area contributed by atoms with E-state index >= 15 is 0 Å². The van der Waals surface area contributed by atoms with Crippen LogP contribution in [0.2, 0.25) is 0 Å². The number of carboxylic acids is 1. The molecule has 2 heterocycles. The Morgan fingerprint density at radius 2 is 2.00 bits per heavy atom. The molecule has 0 saturated carbocycles. The third kappa shape index (κ3) is 4.31. The van der Waals surface area contributed by atoms with Crippen LogP contribution in [0.25, 0.3) is 10.2 Å². The molecule has 1 aliphatic rings. The van der Waals surface area contributed by atoms with E-state index in [0.29, 0.717) is 25.4 Å². The van der Waals surface area contributed by atoms with Crippen molar-refractivity contribution in [3.05, 3.63) is 52.2 Å². The molecule has 6 nitrogen and oxygen atoms in total. The molecule has 0 unspecified atom stereocenters.